The SMILES string of the molecule is CC(=O)CN1CC(CC(C)C)CCC1=O. The molecule has 1 heterocycles. The number of nitrogens with zero attached hydrogens (tertiary/aromatic N) is 1. The molecule has 0 aromatic heterocycles. The second-order valence-electron chi connectivity index (χ2n) is 5.01. The van der Waals surface area contributed by atoms with Gasteiger partial charge in [0.2, 0.25) is 5.91 Å². The van der Waals surface area contributed by atoms with Crippen LogP contribution in [0.4, 0.5) is 0 Å². The van der Waals surface area contributed by atoms with E-state index in [0.717, 1.165) is 19.4 Å². The van der Waals surface area contributed by atoms with Crippen LogP contribution in [-0.2, 0) is 9.59 Å². The number of piperidine rings is 1. The number of carbonyl (C=O) groups excluding carboxylic acids is 2. The first kappa shape index (κ1) is 12.2. The lowest BCUT2D eigenvalue weighted by atomic mass is 9.89. The van der Waals surface area contributed by atoms with E-state index in [9.17, 15) is 9.59 Å². The van der Waals surface area contributed by atoms with Crippen LogP contribution in [0.5, 0.6) is 0 Å². The highest BCUT2D eigenvalue weighted by molar-refractivity contribution is 5.85. The van der Waals surface area contributed by atoms with Gasteiger partial charge >= 0.3 is 0 Å². The van der Waals surface area contributed by atoms with Crippen molar-refractivity contribution in [2.75, 3.05) is 13.1 Å². The Kier molecular flexibility index (Phi) is 4.30. The average Bonchev–Trinajstić information content (AvgIpc) is 2.09. The third-order valence-electron chi connectivity index (χ3n) is 2.82. The van der Waals surface area contributed by atoms with Crippen molar-refractivity contribution in [2.45, 2.75) is 40.0 Å². The normalized spacial score (nSPS) is 22.3. The van der Waals surface area contributed by atoms with Gasteiger partial charge in [-0.3, -0.25) is 9.59 Å². The molecule has 1 unspecified atom stereocenters. The van der Waals surface area contributed by atoms with Crippen LogP contribution in [-0.4, -0.2) is 29.7 Å². The summed E-state index contributed by atoms with van der Waals surface area (Å²) in [6.45, 7) is 7.01. The van der Waals surface area contributed by atoms with E-state index < -0.39 is 0 Å². The molecule has 15 heavy (non-hydrogen) atoms. The minimum atomic E-state index is 0.0774. The highest BCUT2D eigenvalue weighted by Crippen LogP contribution is 2.23. The van der Waals surface area contributed by atoms with Gasteiger partial charge < -0.3 is 4.90 Å². The molecule has 0 radical (unpaired) electrons. The summed E-state index contributed by atoms with van der Waals surface area (Å²) in [7, 11) is 0. The van der Waals surface area contributed by atoms with E-state index in [-0.39, 0.29) is 11.7 Å². The van der Waals surface area contributed by atoms with Gasteiger partial charge in [0.15, 0.2) is 0 Å². The van der Waals surface area contributed by atoms with Crippen LogP contribution in [0.3, 0.4) is 0 Å². The van der Waals surface area contributed by atoms with Crippen molar-refractivity contribution in [3.05, 3.63) is 0 Å². The number of carbonyl (C=O) groups is 2. The summed E-state index contributed by atoms with van der Waals surface area (Å²) in [5, 5.41) is 0. The molecule has 0 N–H and O–H groups in total. The van der Waals surface area contributed by atoms with E-state index in [4.69, 9.17) is 0 Å². The Labute approximate surface area is 91.8 Å². The van der Waals surface area contributed by atoms with Gasteiger partial charge in [-0.05, 0) is 31.6 Å². The van der Waals surface area contributed by atoms with Crippen molar-refractivity contribution in [1.82, 2.24) is 4.90 Å². The lowest BCUT2D eigenvalue weighted by Crippen LogP contribution is -2.42. The Morgan fingerprint density at radius 1 is 1.53 bits per heavy atom. The smallest absolute Gasteiger partial charge is 0.222 e. The summed E-state index contributed by atoms with van der Waals surface area (Å²) in [5.74, 6) is 1.48. The number of rotatable bonds is 4. The maximum atomic E-state index is 11.5. The molecule has 0 aromatic carbocycles. The number of Topliss-reactive ketones (excluding diaryl/α,β-unsaturated/α-hetero) is 1. The van der Waals surface area contributed by atoms with E-state index in [2.05, 4.69) is 13.8 Å². The van der Waals surface area contributed by atoms with E-state index in [1.165, 1.54) is 0 Å². The van der Waals surface area contributed by atoms with Crippen molar-refractivity contribution in [1.29, 1.82) is 0 Å². The molecule has 0 saturated carbocycles. The van der Waals surface area contributed by atoms with Crippen LogP contribution >= 0.6 is 0 Å². The molecular formula is C12H21NO2. The van der Waals surface area contributed by atoms with Gasteiger partial charge in [0.25, 0.3) is 0 Å². The minimum Gasteiger partial charge on any atom is -0.335 e. The Morgan fingerprint density at radius 2 is 2.20 bits per heavy atom. The van der Waals surface area contributed by atoms with Gasteiger partial charge in [-0.15, -0.1) is 0 Å². The lowest BCUT2D eigenvalue weighted by molar-refractivity contribution is -0.138. The summed E-state index contributed by atoms with van der Waals surface area (Å²) >= 11 is 0. The Hall–Kier alpha value is -0.860. The molecule has 1 fully saturated rings. The number of likely N-dealkylation sites (tertiary alicyclic amines) is 1. The number of hydrogen-bond acceptors (Lipinski definition) is 2. The van der Waals surface area contributed by atoms with Crippen LogP contribution in [0.25, 0.3) is 0 Å². The molecular weight excluding hydrogens is 190 g/mol. The zero-order chi connectivity index (χ0) is 11.4. The third kappa shape index (κ3) is 4.02. The Bertz CT molecular complexity index is 248. The fourth-order valence-electron chi connectivity index (χ4n) is 2.27. The van der Waals surface area contributed by atoms with Gasteiger partial charge in [-0.1, -0.05) is 13.8 Å². The highest BCUT2D eigenvalue weighted by atomic mass is 16.2. The van der Waals surface area contributed by atoms with Crippen molar-refractivity contribution < 1.29 is 9.59 Å². The molecule has 1 aliphatic rings. The van der Waals surface area contributed by atoms with E-state index in [0.29, 0.717) is 24.8 Å². The summed E-state index contributed by atoms with van der Waals surface area (Å²) in [6, 6.07) is 0. The minimum absolute atomic E-state index is 0.0774. The van der Waals surface area contributed by atoms with Crippen molar-refractivity contribution in [3.8, 4) is 0 Å². The first-order valence-electron chi connectivity index (χ1n) is 5.76. The Balaban J connectivity index is 2.48. The second-order valence-corrected chi connectivity index (χ2v) is 5.01. The van der Waals surface area contributed by atoms with Crippen molar-refractivity contribution >= 4 is 11.7 Å². The summed E-state index contributed by atoms with van der Waals surface area (Å²) in [6.07, 6.45) is 2.76. The molecule has 1 amide bonds. The zero-order valence-corrected chi connectivity index (χ0v) is 9.95. The van der Waals surface area contributed by atoms with E-state index >= 15 is 0 Å². The number of ketones is 1. The maximum Gasteiger partial charge on any atom is 0.222 e. The van der Waals surface area contributed by atoms with Gasteiger partial charge in [0.1, 0.15) is 5.78 Å². The van der Waals surface area contributed by atoms with Gasteiger partial charge in [0, 0.05) is 13.0 Å². The van der Waals surface area contributed by atoms with Gasteiger partial charge in [-0.25, -0.2) is 0 Å². The van der Waals surface area contributed by atoms with Crippen LogP contribution in [0.15, 0.2) is 0 Å². The first-order chi connectivity index (χ1) is 6.99. The van der Waals surface area contributed by atoms with E-state index in [1.54, 1.807) is 11.8 Å². The van der Waals surface area contributed by atoms with Crippen LogP contribution < -0.4 is 0 Å². The van der Waals surface area contributed by atoms with Gasteiger partial charge in [0.05, 0.1) is 6.54 Å². The molecule has 86 valence electrons. The third-order valence-corrected chi connectivity index (χ3v) is 2.82. The van der Waals surface area contributed by atoms with Gasteiger partial charge in [-0.2, -0.15) is 0 Å². The predicted octanol–water partition coefficient (Wildman–Crippen LogP) is 1.86. The van der Waals surface area contributed by atoms with Crippen molar-refractivity contribution in [3.63, 3.8) is 0 Å². The lowest BCUT2D eigenvalue weighted by Gasteiger charge is -2.32. The topological polar surface area (TPSA) is 37.4 Å². The summed E-state index contributed by atoms with van der Waals surface area (Å²) < 4.78 is 0. The molecule has 1 atom stereocenters. The molecule has 0 aliphatic carbocycles. The number of amides is 1. The summed E-state index contributed by atoms with van der Waals surface area (Å²) in [4.78, 5) is 24.2. The van der Waals surface area contributed by atoms with Crippen LogP contribution in [0.1, 0.15) is 40.0 Å². The molecule has 1 rings (SSSR count). The highest BCUT2D eigenvalue weighted by Gasteiger charge is 2.26. The molecule has 3 nitrogen and oxygen atoms in total. The average molecular weight is 211 g/mol. The van der Waals surface area contributed by atoms with Crippen LogP contribution in [0, 0.1) is 11.8 Å². The molecule has 0 bridgehead atoms. The quantitative estimate of drug-likeness (QED) is 0.711. The maximum absolute atomic E-state index is 11.5. The van der Waals surface area contributed by atoms with Crippen molar-refractivity contribution in [2.24, 2.45) is 11.8 Å². The molecule has 0 aromatic rings. The first-order valence-corrected chi connectivity index (χ1v) is 5.76. The molecule has 0 spiro atoms. The summed E-state index contributed by atoms with van der Waals surface area (Å²) in [5.41, 5.74) is 0. The standard InChI is InChI=1S/C12H21NO2/c1-9(2)6-11-4-5-12(15)13(8-11)7-10(3)14/h9,11H,4-8H2,1-3H3. The van der Waals surface area contributed by atoms with E-state index in [1.807, 2.05) is 0 Å². The number of hydrogen-bond donors (Lipinski definition) is 0. The largest absolute Gasteiger partial charge is 0.335 e. The monoisotopic (exact) mass is 211 g/mol. The predicted molar refractivity (Wildman–Crippen MR) is 59.4 cm³/mol. The fourth-order valence-corrected chi connectivity index (χ4v) is 2.27. The molecule has 1 aliphatic heterocycles. The second kappa shape index (κ2) is 5.29. The zero-order valence-electron chi connectivity index (χ0n) is 9.95. The molecule has 3 heteroatoms. The fraction of sp³-hybridized carbons (Fsp3) is 0.833. The van der Waals surface area contributed by atoms with Crippen LogP contribution in [0.2, 0.25) is 0 Å². The Morgan fingerprint density at radius 3 is 2.73 bits per heavy atom. The molecule has 1 saturated heterocycles.